The van der Waals surface area contributed by atoms with Crippen molar-refractivity contribution >= 4 is 22.6 Å². The van der Waals surface area contributed by atoms with Gasteiger partial charge in [-0.15, -0.1) is 0 Å². The second-order valence-corrected chi connectivity index (χ2v) is 6.07. The zero-order valence-corrected chi connectivity index (χ0v) is 14.2. The number of para-hydroxylation sites is 2. The summed E-state index contributed by atoms with van der Waals surface area (Å²) in [7, 11) is 1.74. The van der Waals surface area contributed by atoms with Gasteiger partial charge in [0.25, 0.3) is 0 Å². The summed E-state index contributed by atoms with van der Waals surface area (Å²) in [6.07, 6.45) is 1.02. The number of rotatable bonds is 6. The molecular formula is C19H22N4O2. The lowest BCUT2D eigenvalue weighted by Crippen LogP contribution is -2.29. The highest BCUT2D eigenvalue weighted by atomic mass is 16.2. The Morgan fingerprint density at radius 3 is 2.48 bits per heavy atom. The molecule has 0 radical (unpaired) electrons. The summed E-state index contributed by atoms with van der Waals surface area (Å²) in [6, 6.07) is 15.2. The Balaban J connectivity index is 1.55. The third-order valence-corrected chi connectivity index (χ3v) is 4.33. The highest BCUT2D eigenvalue weighted by Gasteiger charge is 2.11. The highest BCUT2D eigenvalue weighted by Crippen LogP contribution is 2.11. The number of anilines is 1. The molecule has 2 aromatic carbocycles. The van der Waals surface area contributed by atoms with E-state index in [1.54, 1.807) is 16.2 Å². The Morgan fingerprint density at radius 1 is 1.08 bits per heavy atom. The molecule has 1 aromatic heterocycles. The molecule has 0 bridgehead atoms. The topological polar surface area (TPSA) is 82.0 Å². The molecule has 25 heavy (non-hydrogen) atoms. The van der Waals surface area contributed by atoms with Crippen LogP contribution >= 0.6 is 0 Å². The lowest BCUT2D eigenvalue weighted by atomic mass is 10.1. The van der Waals surface area contributed by atoms with Crippen LogP contribution in [-0.4, -0.2) is 21.6 Å². The van der Waals surface area contributed by atoms with Crippen molar-refractivity contribution in [3.8, 4) is 0 Å². The van der Waals surface area contributed by atoms with Gasteiger partial charge in [0.2, 0.25) is 5.91 Å². The highest BCUT2D eigenvalue weighted by molar-refractivity contribution is 5.77. The SMILES string of the molecule is Cn1c(=O)n(CCC(=O)NCCc2ccc(N)cc2)c2ccccc21. The van der Waals surface area contributed by atoms with Crippen molar-refractivity contribution in [2.75, 3.05) is 12.3 Å². The molecular weight excluding hydrogens is 316 g/mol. The molecule has 0 unspecified atom stereocenters. The third-order valence-electron chi connectivity index (χ3n) is 4.33. The second kappa shape index (κ2) is 7.25. The maximum Gasteiger partial charge on any atom is 0.328 e. The van der Waals surface area contributed by atoms with Gasteiger partial charge in [-0.25, -0.2) is 4.79 Å². The van der Waals surface area contributed by atoms with E-state index in [0.29, 0.717) is 13.1 Å². The maximum atomic E-state index is 12.3. The number of aryl methyl sites for hydroxylation is 2. The van der Waals surface area contributed by atoms with Gasteiger partial charge in [0.05, 0.1) is 11.0 Å². The molecule has 3 N–H and O–H groups in total. The number of benzene rings is 2. The molecule has 0 fully saturated rings. The van der Waals surface area contributed by atoms with Crippen LogP contribution in [0.3, 0.4) is 0 Å². The summed E-state index contributed by atoms with van der Waals surface area (Å²) >= 11 is 0. The average molecular weight is 338 g/mol. The van der Waals surface area contributed by atoms with E-state index in [-0.39, 0.29) is 18.0 Å². The number of nitrogens with zero attached hydrogens (tertiary/aromatic N) is 2. The van der Waals surface area contributed by atoms with Gasteiger partial charge in [-0.05, 0) is 36.2 Å². The van der Waals surface area contributed by atoms with E-state index in [0.717, 1.165) is 28.7 Å². The van der Waals surface area contributed by atoms with Crippen molar-refractivity contribution < 1.29 is 4.79 Å². The van der Waals surface area contributed by atoms with Gasteiger partial charge in [-0.2, -0.15) is 0 Å². The van der Waals surface area contributed by atoms with E-state index in [1.807, 2.05) is 48.5 Å². The number of amides is 1. The number of nitrogens with two attached hydrogens (primary N) is 1. The molecule has 0 aliphatic carbocycles. The molecule has 0 spiro atoms. The van der Waals surface area contributed by atoms with Crippen molar-refractivity contribution in [3.05, 3.63) is 64.6 Å². The van der Waals surface area contributed by atoms with Crippen LogP contribution in [0.5, 0.6) is 0 Å². The number of fused-ring (bicyclic) bond motifs is 1. The van der Waals surface area contributed by atoms with Gasteiger partial charge in [-0.1, -0.05) is 24.3 Å². The second-order valence-electron chi connectivity index (χ2n) is 6.07. The minimum Gasteiger partial charge on any atom is -0.399 e. The van der Waals surface area contributed by atoms with Gasteiger partial charge in [-0.3, -0.25) is 13.9 Å². The largest absolute Gasteiger partial charge is 0.399 e. The van der Waals surface area contributed by atoms with Crippen LogP contribution in [0.25, 0.3) is 11.0 Å². The molecule has 0 aliphatic heterocycles. The Bertz CT molecular complexity index is 938. The summed E-state index contributed by atoms with van der Waals surface area (Å²) in [4.78, 5) is 24.4. The first kappa shape index (κ1) is 16.8. The molecule has 0 saturated carbocycles. The first-order chi connectivity index (χ1) is 12.1. The van der Waals surface area contributed by atoms with E-state index >= 15 is 0 Å². The fraction of sp³-hybridized carbons (Fsp3) is 0.263. The Labute approximate surface area is 145 Å². The molecule has 1 heterocycles. The van der Waals surface area contributed by atoms with Crippen LogP contribution in [0, 0.1) is 0 Å². The number of carbonyl (C=O) groups excluding carboxylic acids is 1. The molecule has 3 aromatic rings. The minimum atomic E-state index is -0.101. The number of nitrogen functional groups attached to an aromatic ring is 1. The first-order valence-electron chi connectivity index (χ1n) is 8.31. The standard InChI is InChI=1S/C19H22N4O2/c1-22-16-4-2-3-5-17(16)23(19(22)25)13-11-18(24)21-12-10-14-6-8-15(20)9-7-14/h2-9H,10-13,20H2,1H3,(H,21,24). The van der Waals surface area contributed by atoms with E-state index in [4.69, 9.17) is 5.73 Å². The number of hydrogen-bond acceptors (Lipinski definition) is 3. The van der Waals surface area contributed by atoms with E-state index < -0.39 is 0 Å². The molecule has 3 rings (SSSR count). The predicted octanol–water partition coefficient (Wildman–Crippen LogP) is 1.67. The molecule has 0 saturated heterocycles. The zero-order chi connectivity index (χ0) is 17.8. The Kier molecular flexibility index (Phi) is 4.88. The van der Waals surface area contributed by atoms with Gasteiger partial charge in [0.1, 0.15) is 0 Å². The Morgan fingerprint density at radius 2 is 1.76 bits per heavy atom. The van der Waals surface area contributed by atoms with Crippen molar-refractivity contribution in [1.29, 1.82) is 0 Å². The van der Waals surface area contributed by atoms with E-state index in [9.17, 15) is 9.59 Å². The molecule has 0 aliphatic rings. The molecule has 6 nitrogen and oxygen atoms in total. The third kappa shape index (κ3) is 3.74. The summed E-state index contributed by atoms with van der Waals surface area (Å²) in [5.74, 6) is -0.0599. The summed E-state index contributed by atoms with van der Waals surface area (Å²) in [6.45, 7) is 0.932. The smallest absolute Gasteiger partial charge is 0.328 e. The van der Waals surface area contributed by atoms with Crippen LogP contribution in [-0.2, 0) is 24.8 Å². The predicted molar refractivity (Wildman–Crippen MR) is 99.4 cm³/mol. The van der Waals surface area contributed by atoms with Crippen LogP contribution in [0.4, 0.5) is 5.69 Å². The van der Waals surface area contributed by atoms with Gasteiger partial charge < -0.3 is 11.1 Å². The van der Waals surface area contributed by atoms with E-state index in [1.165, 1.54) is 0 Å². The fourth-order valence-corrected chi connectivity index (χ4v) is 2.91. The van der Waals surface area contributed by atoms with Crippen molar-refractivity contribution in [1.82, 2.24) is 14.5 Å². The molecule has 130 valence electrons. The molecule has 0 atom stereocenters. The quantitative estimate of drug-likeness (QED) is 0.671. The van der Waals surface area contributed by atoms with Crippen molar-refractivity contribution in [2.45, 2.75) is 19.4 Å². The van der Waals surface area contributed by atoms with Crippen molar-refractivity contribution in [3.63, 3.8) is 0 Å². The number of carbonyl (C=O) groups is 1. The first-order valence-corrected chi connectivity index (χ1v) is 8.31. The Hall–Kier alpha value is -3.02. The van der Waals surface area contributed by atoms with E-state index in [2.05, 4.69) is 5.32 Å². The fourth-order valence-electron chi connectivity index (χ4n) is 2.91. The van der Waals surface area contributed by atoms with Crippen molar-refractivity contribution in [2.24, 2.45) is 7.05 Å². The zero-order valence-electron chi connectivity index (χ0n) is 14.2. The summed E-state index contributed by atoms with van der Waals surface area (Å²) in [5, 5.41) is 2.90. The van der Waals surface area contributed by atoms with Crippen LogP contribution in [0.1, 0.15) is 12.0 Å². The van der Waals surface area contributed by atoms with Gasteiger partial charge >= 0.3 is 5.69 Å². The lowest BCUT2D eigenvalue weighted by molar-refractivity contribution is -0.121. The summed E-state index contributed by atoms with van der Waals surface area (Å²) in [5.41, 5.74) is 9.13. The van der Waals surface area contributed by atoms with Gasteiger partial charge in [0, 0.05) is 32.2 Å². The lowest BCUT2D eigenvalue weighted by Gasteiger charge is -2.06. The number of nitrogens with one attached hydrogen (secondary N) is 1. The molecule has 6 heteroatoms. The van der Waals surface area contributed by atoms with Crippen LogP contribution in [0.2, 0.25) is 0 Å². The number of aromatic nitrogens is 2. The van der Waals surface area contributed by atoms with Crippen LogP contribution in [0.15, 0.2) is 53.3 Å². The normalized spacial score (nSPS) is 10.9. The monoisotopic (exact) mass is 338 g/mol. The molecule has 1 amide bonds. The maximum absolute atomic E-state index is 12.3. The minimum absolute atomic E-state index is 0.0599. The number of imidazole rings is 1. The number of hydrogen-bond donors (Lipinski definition) is 2. The summed E-state index contributed by atoms with van der Waals surface area (Å²) < 4.78 is 3.25. The van der Waals surface area contributed by atoms with Crippen LogP contribution < -0.4 is 16.7 Å². The average Bonchev–Trinajstić information content (AvgIpc) is 2.86. The van der Waals surface area contributed by atoms with Gasteiger partial charge in [0.15, 0.2) is 0 Å².